The predicted octanol–water partition coefficient (Wildman–Crippen LogP) is 4.80. The molecule has 0 aliphatic heterocycles. The van der Waals surface area contributed by atoms with Crippen molar-refractivity contribution in [2.75, 3.05) is 0 Å². The van der Waals surface area contributed by atoms with Gasteiger partial charge in [-0.05, 0) is 79.9 Å². The van der Waals surface area contributed by atoms with Crippen LogP contribution in [-0.2, 0) is 14.6 Å². The highest BCUT2D eigenvalue weighted by molar-refractivity contribution is 9.11. The first-order valence-corrected chi connectivity index (χ1v) is 12.2. The van der Waals surface area contributed by atoms with E-state index in [1.54, 1.807) is 30.3 Å². The summed E-state index contributed by atoms with van der Waals surface area (Å²) in [5.74, 6) is -0.377. The third kappa shape index (κ3) is 4.16. The maximum absolute atomic E-state index is 13.1. The molecule has 0 unspecified atom stereocenters. The number of carbonyl (C=O) groups is 1. The lowest BCUT2D eigenvalue weighted by Crippen LogP contribution is -2.20. The number of carboxylic acids is 1. The molecule has 4 aromatic rings. The highest BCUT2D eigenvalue weighted by atomic mass is 79.9. The van der Waals surface area contributed by atoms with E-state index in [1.165, 1.54) is 30.7 Å². The lowest BCUT2D eigenvalue weighted by Gasteiger charge is -2.14. The number of nitrogens with zero attached hydrogens (tertiary/aromatic N) is 1. The van der Waals surface area contributed by atoms with Gasteiger partial charge in [0.15, 0.2) is 5.75 Å². The number of sulfone groups is 1. The molecule has 0 saturated carbocycles. The zero-order valence-electron chi connectivity index (χ0n) is 16.1. The van der Waals surface area contributed by atoms with Crippen molar-refractivity contribution in [3.63, 3.8) is 0 Å². The molecule has 0 radical (unpaired) electrons. The molecule has 0 bridgehead atoms. The first-order valence-electron chi connectivity index (χ1n) is 9.10. The number of ether oxygens (including phenoxy) is 1. The molecule has 0 spiro atoms. The maximum atomic E-state index is 13.1. The van der Waals surface area contributed by atoms with Crippen LogP contribution in [0.15, 0.2) is 79.8 Å². The fourth-order valence-corrected chi connectivity index (χ4v) is 5.91. The first kappa shape index (κ1) is 22.5. The Bertz CT molecular complexity index is 1420. The number of nitrogens with one attached hydrogen (secondary N) is 1. The van der Waals surface area contributed by atoms with E-state index in [4.69, 9.17) is 15.6 Å². The van der Waals surface area contributed by atoms with Crippen molar-refractivity contribution in [2.45, 2.75) is 15.8 Å². The summed E-state index contributed by atoms with van der Waals surface area (Å²) in [5.41, 5.74) is 6.70. The van der Waals surface area contributed by atoms with Crippen LogP contribution in [0.3, 0.4) is 0 Å². The van der Waals surface area contributed by atoms with E-state index in [0.29, 0.717) is 36.9 Å². The average molecular weight is 581 g/mol. The number of H-pyrrole nitrogens is 1. The molecular weight excluding hydrogens is 566 g/mol. The van der Waals surface area contributed by atoms with Gasteiger partial charge in [-0.1, -0.05) is 0 Å². The van der Waals surface area contributed by atoms with E-state index in [0.717, 1.165) is 0 Å². The molecule has 0 fully saturated rings. The lowest BCUT2D eigenvalue weighted by atomic mass is 10.1. The van der Waals surface area contributed by atoms with Crippen LogP contribution in [0.5, 0.6) is 11.5 Å². The molecule has 8 nitrogen and oxygen atoms in total. The van der Waals surface area contributed by atoms with Gasteiger partial charge in [0.2, 0.25) is 9.84 Å². The largest absolute Gasteiger partial charge is 0.480 e. The Morgan fingerprint density at radius 3 is 2.38 bits per heavy atom. The molecule has 164 valence electrons. The second kappa shape index (κ2) is 8.66. The van der Waals surface area contributed by atoms with E-state index in [2.05, 4.69) is 41.8 Å². The summed E-state index contributed by atoms with van der Waals surface area (Å²) in [6.45, 7) is 0. The van der Waals surface area contributed by atoms with Crippen LogP contribution in [0, 0.1) is 0 Å². The molecule has 4 rings (SSSR count). The number of hydrogen-bond acceptors (Lipinski definition) is 6. The Balaban J connectivity index is 1.73. The number of aliphatic carboxylic acids is 1. The molecular formula is C21H15Br2N3O5S. The molecule has 0 amide bonds. The van der Waals surface area contributed by atoms with Crippen molar-refractivity contribution in [1.82, 2.24) is 9.97 Å². The minimum Gasteiger partial charge on any atom is -0.480 e. The van der Waals surface area contributed by atoms with E-state index in [9.17, 15) is 13.2 Å². The molecule has 2 aromatic carbocycles. The minimum atomic E-state index is -3.77. The Hall–Kier alpha value is -2.73. The van der Waals surface area contributed by atoms with Crippen LogP contribution >= 0.6 is 31.9 Å². The summed E-state index contributed by atoms with van der Waals surface area (Å²) in [6, 6.07) is 9.84. The minimum absolute atomic E-state index is 0.116. The van der Waals surface area contributed by atoms with E-state index in [1.807, 2.05) is 0 Å². The standard InChI is InChI=1S/C21H15Br2N3O5S/c22-15-7-11(19(24)21(27)28)8-16(23)20(15)31-12-1-2-17-14(9-12)18(10-26-17)32(29,30)13-3-5-25-6-4-13/h1-10,19,26H,24H2,(H,27,28)/t19-/m1/s1. The first-order chi connectivity index (χ1) is 15.2. The summed E-state index contributed by atoms with van der Waals surface area (Å²) < 4.78 is 33.1. The summed E-state index contributed by atoms with van der Waals surface area (Å²) in [4.78, 5) is 18.3. The van der Waals surface area contributed by atoms with Crippen molar-refractivity contribution in [1.29, 1.82) is 0 Å². The summed E-state index contributed by atoms with van der Waals surface area (Å²) in [5, 5.41) is 9.60. The number of hydrogen-bond donors (Lipinski definition) is 3. The van der Waals surface area contributed by atoms with E-state index < -0.39 is 21.8 Å². The summed E-state index contributed by atoms with van der Waals surface area (Å²) in [7, 11) is -3.77. The SMILES string of the molecule is N[C@@H](C(=O)O)c1cc(Br)c(Oc2ccc3[nH]cc(S(=O)(=O)c4ccncc4)c3c2)c(Br)c1. The number of benzene rings is 2. The number of aromatic nitrogens is 2. The van der Waals surface area contributed by atoms with Crippen LogP contribution in [0.25, 0.3) is 10.9 Å². The molecule has 0 saturated heterocycles. The molecule has 0 aliphatic carbocycles. The smallest absolute Gasteiger partial charge is 0.325 e. The van der Waals surface area contributed by atoms with Gasteiger partial charge in [-0.25, -0.2) is 8.42 Å². The van der Waals surface area contributed by atoms with Crippen LogP contribution in [-0.4, -0.2) is 29.5 Å². The van der Waals surface area contributed by atoms with E-state index in [-0.39, 0.29) is 9.79 Å². The highest BCUT2D eigenvalue weighted by Gasteiger charge is 2.23. The van der Waals surface area contributed by atoms with Gasteiger partial charge >= 0.3 is 5.97 Å². The van der Waals surface area contributed by atoms with Crippen molar-refractivity contribution >= 4 is 58.6 Å². The zero-order chi connectivity index (χ0) is 23.0. The molecule has 1 atom stereocenters. The fourth-order valence-electron chi connectivity index (χ4n) is 3.12. The van der Waals surface area contributed by atoms with Crippen molar-refractivity contribution in [2.24, 2.45) is 5.73 Å². The van der Waals surface area contributed by atoms with Gasteiger partial charge in [-0.15, -0.1) is 0 Å². The number of carboxylic acid groups (broad SMARTS) is 1. The molecule has 4 N–H and O–H groups in total. The topological polar surface area (TPSA) is 135 Å². The quantitative estimate of drug-likeness (QED) is 0.298. The Kier molecular flexibility index (Phi) is 6.08. The number of nitrogens with two attached hydrogens (primary N) is 1. The number of fused-ring (bicyclic) bond motifs is 1. The summed E-state index contributed by atoms with van der Waals surface area (Å²) in [6.07, 6.45) is 4.29. The van der Waals surface area contributed by atoms with Crippen LogP contribution < -0.4 is 10.5 Å². The molecule has 2 heterocycles. The Morgan fingerprint density at radius 2 is 1.75 bits per heavy atom. The average Bonchev–Trinajstić information content (AvgIpc) is 3.20. The number of pyridine rings is 1. The summed E-state index contributed by atoms with van der Waals surface area (Å²) >= 11 is 6.76. The Morgan fingerprint density at radius 1 is 1.09 bits per heavy atom. The van der Waals surface area contributed by atoms with Crippen LogP contribution in [0.2, 0.25) is 0 Å². The third-order valence-corrected chi connectivity index (χ3v) is 7.72. The fraction of sp³-hybridized carbons (Fsp3) is 0.0476. The molecule has 11 heteroatoms. The number of rotatable bonds is 6. The second-order valence-electron chi connectivity index (χ2n) is 6.78. The second-order valence-corrected chi connectivity index (χ2v) is 10.4. The predicted molar refractivity (Wildman–Crippen MR) is 124 cm³/mol. The third-order valence-electron chi connectivity index (χ3n) is 4.73. The van der Waals surface area contributed by atoms with Crippen LogP contribution in [0.1, 0.15) is 11.6 Å². The lowest BCUT2D eigenvalue weighted by molar-refractivity contribution is -0.138. The van der Waals surface area contributed by atoms with Crippen molar-refractivity contribution < 1.29 is 23.1 Å². The zero-order valence-corrected chi connectivity index (χ0v) is 20.1. The van der Waals surface area contributed by atoms with Crippen molar-refractivity contribution in [3.8, 4) is 11.5 Å². The van der Waals surface area contributed by atoms with Gasteiger partial charge in [0.05, 0.1) is 18.7 Å². The van der Waals surface area contributed by atoms with Gasteiger partial charge < -0.3 is 20.6 Å². The van der Waals surface area contributed by atoms with Gasteiger partial charge in [0.1, 0.15) is 11.8 Å². The highest BCUT2D eigenvalue weighted by Crippen LogP contribution is 2.40. The molecule has 32 heavy (non-hydrogen) atoms. The maximum Gasteiger partial charge on any atom is 0.325 e. The van der Waals surface area contributed by atoms with Gasteiger partial charge in [0, 0.05) is 29.5 Å². The Labute approximate surface area is 199 Å². The molecule has 0 aliphatic rings. The van der Waals surface area contributed by atoms with Gasteiger partial charge in [-0.3, -0.25) is 9.78 Å². The van der Waals surface area contributed by atoms with E-state index >= 15 is 0 Å². The van der Waals surface area contributed by atoms with Gasteiger partial charge in [-0.2, -0.15) is 0 Å². The number of aromatic amines is 1. The monoisotopic (exact) mass is 579 g/mol. The molecule has 2 aromatic heterocycles. The van der Waals surface area contributed by atoms with Crippen LogP contribution in [0.4, 0.5) is 0 Å². The van der Waals surface area contributed by atoms with Crippen molar-refractivity contribution in [3.05, 3.63) is 75.6 Å². The van der Waals surface area contributed by atoms with Gasteiger partial charge in [0.25, 0.3) is 0 Å². The number of halogens is 2. The normalized spacial score (nSPS) is 12.6.